The van der Waals surface area contributed by atoms with Gasteiger partial charge < -0.3 is 0 Å². The van der Waals surface area contributed by atoms with Crippen molar-refractivity contribution in [2.45, 2.75) is 0 Å². The Morgan fingerprint density at radius 3 is 1.14 bits per heavy atom. The molecule has 0 aromatic carbocycles. The highest BCUT2D eigenvalue weighted by molar-refractivity contribution is 8.20. The Morgan fingerprint density at radius 1 is 0.786 bits per heavy atom. The Labute approximate surface area is 96.7 Å². The van der Waals surface area contributed by atoms with E-state index in [2.05, 4.69) is 20.3 Å². The van der Waals surface area contributed by atoms with Crippen molar-refractivity contribution in [1.82, 2.24) is 24.8 Å². The van der Waals surface area contributed by atoms with Gasteiger partial charge in [0.25, 0.3) is 0 Å². The molecule has 4 N–H and O–H groups in total. The van der Waals surface area contributed by atoms with Crippen LogP contribution in [0.2, 0.25) is 0 Å². The largest absolute Gasteiger partial charge is 0.268 e. The fourth-order valence-electron chi connectivity index (χ4n) is 0.980. The number of hydrogen-bond acceptors (Lipinski definition) is 2. The van der Waals surface area contributed by atoms with E-state index in [1.807, 2.05) is 39.7 Å². The first-order chi connectivity index (χ1) is 6.40. The van der Waals surface area contributed by atoms with Gasteiger partial charge in [0.2, 0.25) is 0 Å². The lowest BCUT2D eigenvalue weighted by molar-refractivity contribution is 0.795. The molecule has 0 fully saturated rings. The van der Waals surface area contributed by atoms with Gasteiger partial charge in [-0.3, -0.25) is 20.3 Å². The zero-order valence-electron chi connectivity index (χ0n) is 9.16. The van der Waals surface area contributed by atoms with Crippen LogP contribution in [0.5, 0.6) is 0 Å². The van der Waals surface area contributed by atoms with Gasteiger partial charge in [0.15, 0.2) is 0 Å². The van der Waals surface area contributed by atoms with Crippen LogP contribution in [0, 0.1) is 0 Å². The van der Waals surface area contributed by atoms with Gasteiger partial charge in [-0.25, -0.2) is 4.44 Å². The second-order valence-electron chi connectivity index (χ2n) is 2.54. The van der Waals surface area contributed by atoms with Crippen molar-refractivity contribution in [2.24, 2.45) is 0 Å². The summed E-state index contributed by atoms with van der Waals surface area (Å²) in [6.07, 6.45) is 0. The molecule has 14 heavy (non-hydrogen) atoms. The molecule has 0 bridgehead atoms. The minimum atomic E-state index is -1.94. The van der Waals surface area contributed by atoms with E-state index in [0.29, 0.717) is 0 Å². The van der Waals surface area contributed by atoms with Crippen LogP contribution in [0.1, 0.15) is 0 Å². The van der Waals surface area contributed by atoms with Crippen molar-refractivity contribution in [3.8, 4) is 0 Å². The van der Waals surface area contributed by atoms with E-state index < -0.39 is 13.0 Å². The molecule has 0 saturated heterocycles. The van der Waals surface area contributed by atoms with E-state index >= 15 is 0 Å². The summed E-state index contributed by atoms with van der Waals surface area (Å²) in [7, 11) is 9.32. The van der Waals surface area contributed by atoms with Crippen LogP contribution in [0.15, 0.2) is 0 Å². The molecule has 0 radical (unpaired) electrons. The van der Waals surface area contributed by atoms with E-state index in [0.717, 1.165) is 0 Å². The van der Waals surface area contributed by atoms with Gasteiger partial charge in [0.1, 0.15) is 13.0 Å². The molecule has 86 valence electrons. The lowest BCUT2D eigenvalue weighted by Gasteiger charge is -2.38. The maximum Gasteiger partial charge on any atom is 0.145 e. The monoisotopic (exact) mass is 275 g/mol. The fourth-order valence-corrected chi connectivity index (χ4v) is 7.47. The maximum atomic E-state index is 5.50. The Kier molecular flexibility index (Phi) is 6.46. The van der Waals surface area contributed by atoms with Crippen molar-refractivity contribution in [1.29, 1.82) is 0 Å². The second kappa shape index (κ2) is 5.99. The molecule has 0 rings (SSSR count). The van der Waals surface area contributed by atoms with Crippen LogP contribution in [-0.4, -0.2) is 39.7 Å². The summed E-state index contributed by atoms with van der Waals surface area (Å²) in [5, 5.41) is 12.5. The molecule has 0 aliphatic heterocycles. The van der Waals surface area contributed by atoms with Crippen molar-refractivity contribution in [3.05, 3.63) is 0 Å². The maximum absolute atomic E-state index is 5.50. The summed E-state index contributed by atoms with van der Waals surface area (Å²) in [5.41, 5.74) is 0. The molecule has 0 aromatic heterocycles. The van der Waals surface area contributed by atoms with Crippen LogP contribution in [0.25, 0.3) is 0 Å². The highest BCUT2D eigenvalue weighted by atomic mass is 32.5. The average Bonchev–Trinajstić information content (AvgIpc) is 2.25. The van der Waals surface area contributed by atoms with Gasteiger partial charge >= 0.3 is 0 Å². The average molecular weight is 275 g/mol. The zero-order valence-corrected chi connectivity index (χ0v) is 12.6. The van der Waals surface area contributed by atoms with Gasteiger partial charge in [-0.05, 0) is 51.8 Å². The summed E-state index contributed by atoms with van der Waals surface area (Å²) in [4.78, 5) is 0. The first kappa shape index (κ1) is 15.1. The molecule has 0 aromatic rings. The van der Waals surface area contributed by atoms with Gasteiger partial charge in [0.05, 0.1) is 0 Å². The molecule has 0 atom stereocenters. The molecular formula is C5H19N5P2S2. The van der Waals surface area contributed by atoms with Crippen LogP contribution in [0.3, 0.4) is 0 Å². The molecule has 0 aliphatic rings. The molecule has 0 aliphatic carbocycles. The van der Waals surface area contributed by atoms with Gasteiger partial charge in [-0.2, -0.15) is 0 Å². The van der Waals surface area contributed by atoms with E-state index in [4.69, 9.17) is 23.6 Å². The van der Waals surface area contributed by atoms with Gasteiger partial charge in [0, 0.05) is 7.05 Å². The molecule has 0 spiro atoms. The Balaban J connectivity index is 5.01. The summed E-state index contributed by atoms with van der Waals surface area (Å²) in [6.45, 7) is -3.88. The quantitative estimate of drug-likeness (QED) is 0.518. The third kappa shape index (κ3) is 3.04. The molecule has 0 saturated carbocycles. The van der Waals surface area contributed by atoms with Crippen LogP contribution in [-0.2, 0) is 23.6 Å². The smallest absolute Gasteiger partial charge is 0.145 e. The lowest BCUT2D eigenvalue weighted by atomic mass is 11.6. The lowest BCUT2D eigenvalue weighted by Crippen LogP contribution is -2.34. The van der Waals surface area contributed by atoms with E-state index in [1.54, 1.807) is 0 Å². The Bertz CT molecular complexity index is 229. The number of rotatable bonds is 6. The van der Waals surface area contributed by atoms with E-state index in [-0.39, 0.29) is 0 Å². The number of hydrogen-bond donors (Lipinski definition) is 4. The Morgan fingerprint density at radius 2 is 1.00 bits per heavy atom. The van der Waals surface area contributed by atoms with Crippen molar-refractivity contribution < 1.29 is 0 Å². The predicted molar refractivity (Wildman–Crippen MR) is 72.6 cm³/mol. The van der Waals surface area contributed by atoms with Crippen molar-refractivity contribution >= 4 is 36.6 Å². The fraction of sp³-hybridized carbons (Fsp3) is 1.00. The summed E-state index contributed by atoms with van der Waals surface area (Å²) in [6, 6.07) is 0. The van der Waals surface area contributed by atoms with Gasteiger partial charge in [-0.1, -0.05) is 0 Å². The first-order valence-electron chi connectivity index (χ1n) is 4.11. The third-order valence-electron chi connectivity index (χ3n) is 2.03. The van der Waals surface area contributed by atoms with Crippen LogP contribution in [0.4, 0.5) is 0 Å². The summed E-state index contributed by atoms with van der Waals surface area (Å²) in [5.74, 6) is 0. The van der Waals surface area contributed by atoms with Crippen LogP contribution < -0.4 is 20.3 Å². The SMILES string of the molecule is CNP(=S)(NC)N(C)P(=S)(NC)NC. The van der Waals surface area contributed by atoms with E-state index in [1.165, 1.54) is 0 Å². The summed E-state index contributed by atoms with van der Waals surface area (Å²) >= 11 is 11.0. The standard InChI is InChI=1S/C5H19N5P2S2/c1-6-11(13,7-2)10(5)12(14,8-3)9-4/h1-5H3,(H2,6,7,13)(H2,8,9,14). The highest BCUT2D eigenvalue weighted by Crippen LogP contribution is 2.55. The molecule has 0 heterocycles. The minimum Gasteiger partial charge on any atom is -0.268 e. The molecule has 0 unspecified atom stereocenters. The van der Waals surface area contributed by atoms with Crippen molar-refractivity contribution in [3.63, 3.8) is 0 Å². The first-order valence-corrected chi connectivity index (χ1v) is 9.62. The number of nitrogens with zero attached hydrogens (tertiary/aromatic N) is 1. The van der Waals surface area contributed by atoms with Crippen LogP contribution >= 0.6 is 13.0 Å². The van der Waals surface area contributed by atoms with E-state index in [9.17, 15) is 0 Å². The second-order valence-corrected chi connectivity index (χ2v) is 11.3. The topological polar surface area (TPSA) is 51.4 Å². The zero-order chi connectivity index (χ0) is 11.4. The van der Waals surface area contributed by atoms with Crippen molar-refractivity contribution in [2.75, 3.05) is 35.2 Å². The molecule has 9 heteroatoms. The molecular weight excluding hydrogens is 256 g/mol. The normalized spacial score (nSPS) is 13.6. The highest BCUT2D eigenvalue weighted by Gasteiger charge is 2.29. The third-order valence-corrected chi connectivity index (χ3v) is 12.1. The minimum absolute atomic E-state index is 1.85. The Hall–Kier alpha value is 1.10. The molecule has 0 amide bonds. The molecule has 5 nitrogen and oxygen atoms in total. The number of nitrogens with one attached hydrogen (secondary N) is 4. The summed E-state index contributed by atoms with van der Waals surface area (Å²) < 4.78 is 2.00. The predicted octanol–water partition coefficient (Wildman–Crippen LogP) is 0.245. The van der Waals surface area contributed by atoms with Gasteiger partial charge in [-0.15, -0.1) is 0 Å².